The van der Waals surface area contributed by atoms with Gasteiger partial charge in [0.05, 0.1) is 23.8 Å². The largest absolute Gasteiger partial charge is 0.465 e. The second-order valence-electron chi connectivity index (χ2n) is 3.84. The summed E-state index contributed by atoms with van der Waals surface area (Å²) in [7, 11) is -2.71. The number of halogens is 1. The zero-order chi connectivity index (χ0) is 14.6. The lowest BCUT2D eigenvalue weighted by molar-refractivity contribution is 0.0600. The van der Waals surface area contributed by atoms with E-state index in [0.717, 1.165) is 6.07 Å². The van der Waals surface area contributed by atoms with Gasteiger partial charge in [-0.05, 0) is 25.1 Å². The minimum Gasteiger partial charge on any atom is -0.465 e. The number of rotatable bonds is 5. The Bertz CT molecular complexity index is 570. The van der Waals surface area contributed by atoms with Crippen LogP contribution in [0.15, 0.2) is 23.1 Å². The Kier molecular flexibility index (Phi) is 5.30. The van der Waals surface area contributed by atoms with Crippen molar-refractivity contribution in [2.75, 3.05) is 13.7 Å². The van der Waals surface area contributed by atoms with E-state index in [9.17, 15) is 13.2 Å². The first-order valence-corrected chi connectivity index (χ1v) is 7.19. The quantitative estimate of drug-likeness (QED) is 0.784. The van der Waals surface area contributed by atoms with E-state index in [4.69, 9.17) is 16.7 Å². The van der Waals surface area contributed by atoms with Crippen molar-refractivity contribution in [2.24, 2.45) is 0 Å². The smallest absolute Gasteiger partial charge is 0.337 e. The molecule has 0 fully saturated rings. The van der Waals surface area contributed by atoms with E-state index in [1.54, 1.807) is 0 Å². The lowest BCUT2D eigenvalue weighted by Crippen LogP contribution is -2.31. The fraction of sp³-hybridized carbons (Fsp3) is 0.364. The number of hydrogen-bond acceptors (Lipinski definition) is 5. The normalized spacial score (nSPS) is 13.1. The van der Waals surface area contributed by atoms with Crippen LogP contribution in [0.3, 0.4) is 0 Å². The summed E-state index contributed by atoms with van der Waals surface area (Å²) >= 11 is 5.81. The SMILES string of the molecule is COC(=O)c1ccc(Cl)c(S(=O)(=O)NC[C@@H](C)O)c1. The number of aliphatic hydroxyl groups is 1. The lowest BCUT2D eigenvalue weighted by Gasteiger charge is -2.10. The minimum atomic E-state index is -3.90. The third kappa shape index (κ3) is 4.17. The van der Waals surface area contributed by atoms with Gasteiger partial charge in [0.2, 0.25) is 10.0 Å². The van der Waals surface area contributed by atoms with E-state index in [0.29, 0.717) is 0 Å². The van der Waals surface area contributed by atoms with E-state index in [1.807, 2.05) is 0 Å². The Labute approximate surface area is 116 Å². The number of nitrogens with one attached hydrogen (secondary N) is 1. The molecule has 1 aromatic carbocycles. The van der Waals surface area contributed by atoms with Crippen molar-refractivity contribution in [2.45, 2.75) is 17.9 Å². The molecule has 0 aliphatic heterocycles. The molecule has 0 aromatic heterocycles. The molecule has 0 heterocycles. The number of sulfonamides is 1. The maximum atomic E-state index is 12.0. The molecule has 0 saturated heterocycles. The van der Waals surface area contributed by atoms with Crippen LogP contribution in [-0.4, -0.2) is 39.3 Å². The van der Waals surface area contributed by atoms with Crippen molar-refractivity contribution in [3.05, 3.63) is 28.8 Å². The maximum Gasteiger partial charge on any atom is 0.337 e. The Balaban J connectivity index is 3.15. The molecule has 0 aliphatic carbocycles. The average Bonchev–Trinajstić information content (AvgIpc) is 2.36. The second-order valence-corrected chi connectivity index (χ2v) is 5.98. The number of carbonyl (C=O) groups is 1. The highest BCUT2D eigenvalue weighted by Crippen LogP contribution is 2.22. The van der Waals surface area contributed by atoms with Gasteiger partial charge in [-0.2, -0.15) is 0 Å². The van der Waals surface area contributed by atoms with Crippen molar-refractivity contribution in [1.82, 2.24) is 4.72 Å². The van der Waals surface area contributed by atoms with Crippen molar-refractivity contribution >= 4 is 27.6 Å². The van der Waals surface area contributed by atoms with Gasteiger partial charge in [0.25, 0.3) is 0 Å². The van der Waals surface area contributed by atoms with Gasteiger partial charge in [0.1, 0.15) is 4.90 Å². The van der Waals surface area contributed by atoms with Crippen LogP contribution in [0, 0.1) is 0 Å². The number of benzene rings is 1. The van der Waals surface area contributed by atoms with Gasteiger partial charge in [-0.1, -0.05) is 11.6 Å². The molecule has 0 aliphatic rings. The van der Waals surface area contributed by atoms with E-state index >= 15 is 0 Å². The molecule has 1 aromatic rings. The molecule has 106 valence electrons. The van der Waals surface area contributed by atoms with E-state index in [2.05, 4.69) is 9.46 Å². The lowest BCUT2D eigenvalue weighted by atomic mass is 10.2. The summed E-state index contributed by atoms with van der Waals surface area (Å²) in [5.74, 6) is -0.663. The Morgan fingerprint density at radius 3 is 2.68 bits per heavy atom. The average molecular weight is 308 g/mol. The summed E-state index contributed by atoms with van der Waals surface area (Å²) < 4.78 is 30.6. The molecule has 6 nitrogen and oxygen atoms in total. The van der Waals surface area contributed by atoms with E-state index in [1.165, 1.54) is 26.2 Å². The van der Waals surface area contributed by atoms with Crippen LogP contribution in [0.25, 0.3) is 0 Å². The van der Waals surface area contributed by atoms with Gasteiger partial charge >= 0.3 is 5.97 Å². The van der Waals surface area contributed by atoms with Crippen LogP contribution >= 0.6 is 11.6 Å². The number of esters is 1. The monoisotopic (exact) mass is 307 g/mol. The van der Waals surface area contributed by atoms with Crippen LogP contribution < -0.4 is 4.72 Å². The summed E-state index contributed by atoms with van der Waals surface area (Å²) in [5.41, 5.74) is 0.0734. The Morgan fingerprint density at radius 1 is 1.53 bits per heavy atom. The molecule has 0 saturated carbocycles. The summed E-state index contributed by atoms with van der Waals surface area (Å²) in [4.78, 5) is 11.1. The van der Waals surface area contributed by atoms with Crippen LogP contribution in [0.4, 0.5) is 0 Å². The predicted octanol–water partition coefficient (Wildman–Crippen LogP) is 0.786. The van der Waals surface area contributed by atoms with Crippen LogP contribution in [0.1, 0.15) is 17.3 Å². The zero-order valence-electron chi connectivity index (χ0n) is 10.4. The second kappa shape index (κ2) is 6.33. The molecule has 0 unspecified atom stereocenters. The van der Waals surface area contributed by atoms with Gasteiger partial charge in [-0.25, -0.2) is 17.9 Å². The van der Waals surface area contributed by atoms with Crippen LogP contribution in [0.2, 0.25) is 5.02 Å². The van der Waals surface area contributed by atoms with Crippen molar-refractivity contribution in [3.63, 3.8) is 0 Å². The van der Waals surface area contributed by atoms with Gasteiger partial charge in [-0.15, -0.1) is 0 Å². The highest BCUT2D eigenvalue weighted by molar-refractivity contribution is 7.89. The van der Waals surface area contributed by atoms with Gasteiger partial charge in [-0.3, -0.25) is 0 Å². The molecular formula is C11H14ClNO5S. The first-order chi connectivity index (χ1) is 8.77. The fourth-order valence-corrected chi connectivity index (χ4v) is 2.91. The molecule has 0 spiro atoms. The van der Waals surface area contributed by atoms with Crippen LogP contribution in [0.5, 0.6) is 0 Å². The number of hydrogen-bond donors (Lipinski definition) is 2. The number of methoxy groups -OCH3 is 1. The zero-order valence-corrected chi connectivity index (χ0v) is 12.0. The first-order valence-electron chi connectivity index (χ1n) is 5.33. The Morgan fingerprint density at radius 2 is 2.16 bits per heavy atom. The van der Waals surface area contributed by atoms with E-state index < -0.39 is 22.1 Å². The van der Waals surface area contributed by atoms with Crippen LogP contribution in [-0.2, 0) is 14.8 Å². The number of carbonyl (C=O) groups excluding carboxylic acids is 1. The summed E-state index contributed by atoms with van der Waals surface area (Å²) in [6.07, 6.45) is -0.836. The topological polar surface area (TPSA) is 92.7 Å². The molecule has 1 rings (SSSR count). The third-order valence-electron chi connectivity index (χ3n) is 2.21. The molecule has 1 atom stereocenters. The molecule has 2 N–H and O–H groups in total. The van der Waals surface area contributed by atoms with E-state index in [-0.39, 0.29) is 22.0 Å². The van der Waals surface area contributed by atoms with Gasteiger partial charge in [0, 0.05) is 6.54 Å². The number of aliphatic hydroxyl groups excluding tert-OH is 1. The number of ether oxygens (including phenoxy) is 1. The molecular weight excluding hydrogens is 294 g/mol. The molecule has 8 heteroatoms. The van der Waals surface area contributed by atoms with Crippen molar-refractivity contribution in [1.29, 1.82) is 0 Å². The maximum absolute atomic E-state index is 12.0. The summed E-state index contributed by atoms with van der Waals surface area (Å²) in [6, 6.07) is 3.78. The fourth-order valence-electron chi connectivity index (χ4n) is 1.26. The minimum absolute atomic E-state index is 0.0225. The molecule has 0 bridgehead atoms. The van der Waals surface area contributed by atoms with Gasteiger partial charge in [0.15, 0.2) is 0 Å². The Hall–Kier alpha value is -1.15. The molecule has 19 heavy (non-hydrogen) atoms. The molecule has 0 radical (unpaired) electrons. The highest BCUT2D eigenvalue weighted by atomic mass is 35.5. The first kappa shape index (κ1) is 15.9. The summed E-state index contributed by atoms with van der Waals surface area (Å²) in [5, 5.41) is 9.06. The third-order valence-corrected chi connectivity index (χ3v) is 4.12. The van der Waals surface area contributed by atoms with Crippen molar-refractivity contribution in [3.8, 4) is 0 Å². The molecule has 0 amide bonds. The predicted molar refractivity (Wildman–Crippen MR) is 69.7 cm³/mol. The highest BCUT2D eigenvalue weighted by Gasteiger charge is 2.20. The van der Waals surface area contributed by atoms with Crippen molar-refractivity contribution < 1.29 is 23.1 Å². The standard InChI is InChI=1S/C11H14ClNO5S/c1-7(14)6-13-19(16,17)10-5-8(11(15)18-2)3-4-9(10)12/h3-5,7,13-14H,6H2,1-2H3/t7-/m1/s1. The van der Waals surface area contributed by atoms with Gasteiger partial charge < -0.3 is 9.84 Å². The summed E-state index contributed by atoms with van der Waals surface area (Å²) in [6.45, 7) is 1.29.